The van der Waals surface area contributed by atoms with Crippen LogP contribution in [0.2, 0.25) is 0 Å². The normalized spacial score (nSPS) is 10.2. The van der Waals surface area contributed by atoms with Gasteiger partial charge in [-0.25, -0.2) is 4.79 Å². The van der Waals surface area contributed by atoms with Gasteiger partial charge in [-0.1, -0.05) is 18.2 Å². The smallest absolute Gasteiger partial charge is 0.338 e. The number of amides is 2. The summed E-state index contributed by atoms with van der Waals surface area (Å²) in [6.45, 7) is 2.72. The van der Waals surface area contributed by atoms with Crippen molar-refractivity contribution in [1.82, 2.24) is 4.57 Å². The summed E-state index contributed by atoms with van der Waals surface area (Å²) in [7, 11) is 1.37. The van der Waals surface area contributed by atoms with Gasteiger partial charge in [-0.15, -0.1) is 0 Å². The van der Waals surface area contributed by atoms with Crippen LogP contribution in [0.5, 0.6) is 11.5 Å². The zero-order chi connectivity index (χ0) is 25.5. The molecule has 0 spiro atoms. The number of carbonyl (C=O) groups excluding carboxylic acids is 3. The van der Waals surface area contributed by atoms with Crippen molar-refractivity contribution < 1.29 is 28.6 Å². The van der Waals surface area contributed by atoms with Crippen molar-refractivity contribution in [1.29, 1.82) is 5.26 Å². The van der Waals surface area contributed by atoms with Gasteiger partial charge in [0, 0.05) is 11.4 Å². The van der Waals surface area contributed by atoms with Crippen LogP contribution in [0.3, 0.4) is 0 Å². The Balaban J connectivity index is 1.74. The molecule has 0 saturated carbocycles. The predicted octanol–water partition coefficient (Wildman–Crippen LogP) is 2.63. The van der Waals surface area contributed by atoms with E-state index in [0.717, 1.165) is 16.9 Å². The van der Waals surface area contributed by atoms with Crippen LogP contribution in [-0.2, 0) is 14.3 Å². The number of anilines is 1. The first-order valence-electron chi connectivity index (χ1n) is 10.5. The number of nitrogens with zero attached hydrogens (tertiary/aromatic N) is 2. The summed E-state index contributed by atoms with van der Waals surface area (Å²) in [5.41, 5.74) is 7.80. The van der Waals surface area contributed by atoms with Crippen molar-refractivity contribution in [2.24, 2.45) is 5.73 Å². The highest BCUT2D eigenvalue weighted by molar-refractivity contribution is 5.96. The van der Waals surface area contributed by atoms with Crippen LogP contribution >= 0.6 is 0 Å². The van der Waals surface area contributed by atoms with E-state index < -0.39 is 24.4 Å². The molecular weight excluding hydrogens is 452 g/mol. The number of para-hydroxylation sites is 1. The molecule has 2 amide bonds. The number of ether oxygens (including phenoxy) is 3. The SMILES string of the molecule is COc1cc(C(=O)OCC(=O)Nc2c(C#N)c(C)c(C)n2-c2ccccc2)ccc1OCC(N)=O. The van der Waals surface area contributed by atoms with Gasteiger partial charge in [0.15, 0.2) is 24.7 Å². The first-order chi connectivity index (χ1) is 16.8. The van der Waals surface area contributed by atoms with Gasteiger partial charge in [-0.2, -0.15) is 5.26 Å². The minimum Gasteiger partial charge on any atom is -0.493 e. The van der Waals surface area contributed by atoms with E-state index in [9.17, 15) is 19.6 Å². The highest BCUT2D eigenvalue weighted by Gasteiger charge is 2.21. The maximum Gasteiger partial charge on any atom is 0.338 e. The molecule has 0 saturated heterocycles. The molecule has 10 nitrogen and oxygen atoms in total. The largest absolute Gasteiger partial charge is 0.493 e. The van der Waals surface area contributed by atoms with E-state index in [1.807, 2.05) is 37.3 Å². The Hall–Kier alpha value is -4.78. The second-order valence-corrected chi connectivity index (χ2v) is 7.46. The summed E-state index contributed by atoms with van der Waals surface area (Å²) in [4.78, 5) is 36.0. The van der Waals surface area contributed by atoms with Gasteiger partial charge in [0.1, 0.15) is 11.9 Å². The Bertz CT molecular complexity index is 1310. The molecule has 0 bridgehead atoms. The maximum absolute atomic E-state index is 12.6. The van der Waals surface area contributed by atoms with Crippen molar-refractivity contribution in [2.75, 3.05) is 25.6 Å². The van der Waals surface area contributed by atoms with E-state index in [2.05, 4.69) is 11.4 Å². The summed E-state index contributed by atoms with van der Waals surface area (Å²) in [6, 6.07) is 15.6. The van der Waals surface area contributed by atoms with Crippen LogP contribution in [0, 0.1) is 25.2 Å². The summed E-state index contributed by atoms with van der Waals surface area (Å²) in [6.07, 6.45) is 0. The van der Waals surface area contributed by atoms with Gasteiger partial charge in [-0.3, -0.25) is 14.2 Å². The van der Waals surface area contributed by atoms with E-state index in [0.29, 0.717) is 11.4 Å². The third-order valence-corrected chi connectivity index (χ3v) is 5.20. The summed E-state index contributed by atoms with van der Waals surface area (Å²) in [5, 5.41) is 12.3. The first kappa shape index (κ1) is 24.9. The molecular formula is C25H24N4O6. The lowest BCUT2D eigenvalue weighted by Gasteiger charge is -2.13. The topological polar surface area (TPSA) is 146 Å². The lowest BCUT2D eigenvalue weighted by atomic mass is 10.2. The molecule has 180 valence electrons. The Kier molecular flexibility index (Phi) is 7.74. The number of esters is 1. The van der Waals surface area contributed by atoms with E-state index in [1.54, 1.807) is 11.5 Å². The molecule has 10 heteroatoms. The van der Waals surface area contributed by atoms with Crippen molar-refractivity contribution >= 4 is 23.6 Å². The van der Waals surface area contributed by atoms with E-state index in [1.165, 1.54) is 25.3 Å². The van der Waals surface area contributed by atoms with Gasteiger partial charge in [0.25, 0.3) is 11.8 Å². The Morgan fingerprint density at radius 1 is 1.06 bits per heavy atom. The second kappa shape index (κ2) is 10.9. The lowest BCUT2D eigenvalue weighted by Crippen LogP contribution is -2.23. The molecule has 3 aromatic rings. The predicted molar refractivity (Wildman–Crippen MR) is 127 cm³/mol. The molecule has 0 aliphatic heterocycles. The number of nitrogens with one attached hydrogen (secondary N) is 1. The fourth-order valence-electron chi connectivity index (χ4n) is 3.41. The zero-order valence-corrected chi connectivity index (χ0v) is 19.5. The molecule has 3 N–H and O–H groups in total. The average molecular weight is 476 g/mol. The number of methoxy groups -OCH3 is 1. The van der Waals surface area contributed by atoms with Crippen LogP contribution in [0.4, 0.5) is 5.82 Å². The van der Waals surface area contributed by atoms with Gasteiger partial charge in [-0.05, 0) is 49.7 Å². The number of hydrogen-bond acceptors (Lipinski definition) is 7. The fraction of sp³-hybridized carbons (Fsp3) is 0.200. The molecule has 0 unspecified atom stereocenters. The molecule has 1 aromatic heterocycles. The van der Waals surface area contributed by atoms with Gasteiger partial charge in [0.2, 0.25) is 0 Å². The fourth-order valence-corrected chi connectivity index (χ4v) is 3.41. The number of nitriles is 1. The first-order valence-corrected chi connectivity index (χ1v) is 10.5. The molecule has 0 atom stereocenters. The molecule has 0 aliphatic carbocycles. The van der Waals surface area contributed by atoms with Crippen LogP contribution < -0.4 is 20.5 Å². The van der Waals surface area contributed by atoms with Gasteiger partial charge >= 0.3 is 5.97 Å². The third-order valence-electron chi connectivity index (χ3n) is 5.20. The average Bonchev–Trinajstić information content (AvgIpc) is 3.09. The number of carbonyl (C=O) groups is 3. The number of benzene rings is 2. The summed E-state index contributed by atoms with van der Waals surface area (Å²) < 4.78 is 17.3. The minimum atomic E-state index is -0.772. The molecule has 0 aliphatic rings. The number of aromatic nitrogens is 1. The van der Waals surface area contributed by atoms with E-state index in [-0.39, 0.29) is 23.7 Å². The summed E-state index contributed by atoms with van der Waals surface area (Å²) in [5.74, 6) is -1.34. The van der Waals surface area contributed by atoms with Crippen LogP contribution in [0.25, 0.3) is 5.69 Å². The Morgan fingerprint density at radius 3 is 2.40 bits per heavy atom. The number of rotatable bonds is 9. The molecule has 2 aromatic carbocycles. The molecule has 0 fully saturated rings. The quantitative estimate of drug-likeness (QED) is 0.452. The van der Waals surface area contributed by atoms with E-state index >= 15 is 0 Å². The maximum atomic E-state index is 12.6. The Labute approximate surface area is 201 Å². The van der Waals surface area contributed by atoms with Crippen molar-refractivity contribution in [3.8, 4) is 23.3 Å². The van der Waals surface area contributed by atoms with Gasteiger partial charge in [0.05, 0.1) is 18.2 Å². The monoisotopic (exact) mass is 476 g/mol. The highest BCUT2D eigenvalue weighted by atomic mass is 16.5. The summed E-state index contributed by atoms with van der Waals surface area (Å²) >= 11 is 0. The number of hydrogen-bond donors (Lipinski definition) is 2. The van der Waals surface area contributed by atoms with Gasteiger partial charge < -0.3 is 25.3 Å². The molecule has 0 radical (unpaired) electrons. The number of primary amides is 1. The highest BCUT2D eigenvalue weighted by Crippen LogP contribution is 2.30. The van der Waals surface area contributed by atoms with Crippen molar-refractivity contribution in [3.63, 3.8) is 0 Å². The van der Waals surface area contributed by atoms with Crippen LogP contribution in [0.15, 0.2) is 48.5 Å². The zero-order valence-electron chi connectivity index (χ0n) is 19.5. The van der Waals surface area contributed by atoms with Crippen molar-refractivity contribution in [3.05, 3.63) is 70.9 Å². The molecule has 35 heavy (non-hydrogen) atoms. The second-order valence-electron chi connectivity index (χ2n) is 7.46. The van der Waals surface area contributed by atoms with E-state index in [4.69, 9.17) is 19.9 Å². The third kappa shape index (κ3) is 5.59. The Morgan fingerprint density at radius 2 is 1.77 bits per heavy atom. The number of nitrogens with two attached hydrogens (primary N) is 1. The lowest BCUT2D eigenvalue weighted by molar-refractivity contribution is -0.120. The van der Waals surface area contributed by atoms with Crippen molar-refractivity contribution in [2.45, 2.75) is 13.8 Å². The molecule has 3 rings (SSSR count). The minimum absolute atomic E-state index is 0.109. The molecule has 1 heterocycles. The standard InChI is InChI=1S/C25H24N4O6/c1-15-16(2)29(18-7-5-4-6-8-18)24(19(15)12-26)28-23(31)14-35-25(32)17-9-10-20(21(11-17)33-3)34-13-22(27)30/h4-11H,13-14H2,1-3H3,(H2,27,30)(H,28,31). The van der Waals surface area contributed by atoms with Crippen LogP contribution in [0.1, 0.15) is 27.2 Å². The van der Waals surface area contributed by atoms with Crippen LogP contribution in [-0.4, -0.2) is 42.7 Å².